The van der Waals surface area contributed by atoms with E-state index in [9.17, 15) is 0 Å². The Morgan fingerprint density at radius 2 is 2.22 bits per heavy atom. The van der Waals surface area contributed by atoms with E-state index in [1.54, 1.807) is 6.33 Å². The van der Waals surface area contributed by atoms with Crippen molar-refractivity contribution >= 4 is 5.82 Å². The van der Waals surface area contributed by atoms with Crippen LogP contribution in [0.15, 0.2) is 6.33 Å². The third kappa shape index (κ3) is 3.32. The Labute approximate surface area is 109 Å². The molecule has 0 atom stereocenters. The molecule has 0 radical (unpaired) electrons. The molecule has 100 valence electrons. The summed E-state index contributed by atoms with van der Waals surface area (Å²) in [5, 5.41) is 3.50. The Kier molecular flexibility index (Phi) is 4.36. The zero-order valence-corrected chi connectivity index (χ0v) is 11.4. The molecule has 1 heterocycles. The second-order valence-electron chi connectivity index (χ2n) is 4.71. The SMILES string of the molecule is CCOc1ncnc(N(C)CCNC2CC2)c1C. The normalized spacial score (nSPS) is 14.6. The van der Waals surface area contributed by atoms with Crippen LogP contribution in [0.3, 0.4) is 0 Å². The third-order valence-corrected chi connectivity index (χ3v) is 3.11. The molecule has 1 aliphatic rings. The monoisotopic (exact) mass is 250 g/mol. The van der Waals surface area contributed by atoms with E-state index in [0.717, 1.165) is 30.5 Å². The van der Waals surface area contributed by atoms with Gasteiger partial charge in [-0.3, -0.25) is 0 Å². The van der Waals surface area contributed by atoms with E-state index >= 15 is 0 Å². The van der Waals surface area contributed by atoms with Crippen LogP contribution in [0, 0.1) is 6.92 Å². The van der Waals surface area contributed by atoms with Gasteiger partial charge in [0.1, 0.15) is 12.1 Å². The molecule has 0 spiro atoms. The summed E-state index contributed by atoms with van der Waals surface area (Å²) in [4.78, 5) is 10.6. The summed E-state index contributed by atoms with van der Waals surface area (Å²) in [6.45, 7) is 6.54. The van der Waals surface area contributed by atoms with E-state index in [1.165, 1.54) is 12.8 Å². The van der Waals surface area contributed by atoms with Gasteiger partial charge in [-0.15, -0.1) is 0 Å². The molecule has 0 saturated heterocycles. The number of ether oxygens (including phenoxy) is 1. The van der Waals surface area contributed by atoms with Crippen molar-refractivity contribution < 1.29 is 4.74 Å². The molecule has 5 heteroatoms. The maximum atomic E-state index is 5.49. The average molecular weight is 250 g/mol. The van der Waals surface area contributed by atoms with Gasteiger partial charge in [0, 0.05) is 26.2 Å². The van der Waals surface area contributed by atoms with Gasteiger partial charge in [-0.25, -0.2) is 9.97 Å². The van der Waals surface area contributed by atoms with Gasteiger partial charge < -0.3 is 15.0 Å². The fraction of sp³-hybridized carbons (Fsp3) is 0.692. The van der Waals surface area contributed by atoms with Crippen LogP contribution in [0.2, 0.25) is 0 Å². The largest absolute Gasteiger partial charge is 0.478 e. The van der Waals surface area contributed by atoms with Crippen LogP contribution in [0.5, 0.6) is 5.88 Å². The number of nitrogens with zero attached hydrogens (tertiary/aromatic N) is 3. The number of rotatable bonds is 7. The predicted octanol–water partition coefficient (Wildman–Crippen LogP) is 1.37. The van der Waals surface area contributed by atoms with Gasteiger partial charge in [-0.2, -0.15) is 0 Å². The van der Waals surface area contributed by atoms with Crippen molar-refractivity contribution in [1.82, 2.24) is 15.3 Å². The second kappa shape index (κ2) is 6.00. The Morgan fingerprint density at radius 3 is 2.89 bits per heavy atom. The van der Waals surface area contributed by atoms with Gasteiger partial charge in [0.05, 0.1) is 12.2 Å². The van der Waals surface area contributed by atoms with Gasteiger partial charge in [0.25, 0.3) is 0 Å². The fourth-order valence-corrected chi connectivity index (χ4v) is 1.92. The summed E-state index contributed by atoms with van der Waals surface area (Å²) in [5.74, 6) is 1.63. The lowest BCUT2D eigenvalue weighted by molar-refractivity contribution is 0.323. The first kappa shape index (κ1) is 13.1. The van der Waals surface area contributed by atoms with Crippen molar-refractivity contribution in [3.05, 3.63) is 11.9 Å². The van der Waals surface area contributed by atoms with Crippen LogP contribution >= 0.6 is 0 Å². The smallest absolute Gasteiger partial charge is 0.221 e. The van der Waals surface area contributed by atoms with E-state index in [0.29, 0.717) is 12.5 Å². The molecule has 0 amide bonds. The van der Waals surface area contributed by atoms with Crippen LogP contribution in [-0.4, -0.2) is 42.8 Å². The Bertz CT molecular complexity index is 393. The summed E-state index contributed by atoms with van der Waals surface area (Å²) < 4.78 is 5.49. The average Bonchev–Trinajstić information content (AvgIpc) is 3.16. The highest BCUT2D eigenvalue weighted by molar-refractivity contribution is 5.49. The topological polar surface area (TPSA) is 50.3 Å². The summed E-state index contributed by atoms with van der Waals surface area (Å²) in [6, 6.07) is 0.754. The maximum Gasteiger partial charge on any atom is 0.221 e. The molecular formula is C13H22N4O. The molecule has 5 nitrogen and oxygen atoms in total. The van der Waals surface area contributed by atoms with Crippen LogP contribution in [-0.2, 0) is 0 Å². The highest BCUT2D eigenvalue weighted by atomic mass is 16.5. The van der Waals surface area contributed by atoms with E-state index in [-0.39, 0.29) is 0 Å². The minimum Gasteiger partial charge on any atom is -0.478 e. The van der Waals surface area contributed by atoms with Gasteiger partial charge in [0.2, 0.25) is 5.88 Å². The molecule has 1 aromatic rings. The highest BCUT2D eigenvalue weighted by Gasteiger charge is 2.20. The van der Waals surface area contributed by atoms with Crippen molar-refractivity contribution in [2.45, 2.75) is 32.7 Å². The minimum atomic E-state index is 0.629. The lowest BCUT2D eigenvalue weighted by Gasteiger charge is -2.21. The quantitative estimate of drug-likeness (QED) is 0.792. The first-order valence-corrected chi connectivity index (χ1v) is 6.61. The Balaban J connectivity index is 1.94. The summed E-state index contributed by atoms with van der Waals surface area (Å²) in [6.07, 6.45) is 4.22. The maximum absolute atomic E-state index is 5.49. The lowest BCUT2D eigenvalue weighted by Crippen LogP contribution is -2.31. The highest BCUT2D eigenvalue weighted by Crippen LogP contribution is 2.23. The second-order valence-corrected chi connectivity index (χ2v) is 4.71. The van der Waals surface area contributed by atoms with E-state index in [4.69, 9.17) is 4.74 Å². The van der Waals surface area contributed by atoms with E-state index in [1.807, 2.05) is 13.8 Å². The van der Waals surface area contributed by atoms with Crippen LogP contribution in [0.25, 0.3) is 0 Å². The zero-order valence-electron chi connectivity index (χ0n) is 11.4. The zero-order chi connectivity index (χ0) is 13.0. The molecule has 0 aliphatic heterocycles. The van der Waals surface area contributed by atoms with Crippen molar-refractivity contribution in [3.63, 3.8) is 0 Å². The molecule has 2 rings (SSSR count). The Morgan fingerprint density at radius 1 is 1.44 bits per heavy atom. The summed E-state index contributed by atoms with van der Waals surface area (Å²) >= 11 is 0. The number of anilines is 1. The number of hydrogen-bond acceptors (Lipinski definition) is 5. The molecule has 1 aromatic heterocycles. The molecule has 0 unspecified atom stereocenters. The molecule has 1 N–H and O–H groups in total. The standard InChI is InChI=1S/C13H22N4O/c1-4-18-13-10(2)12(15-9-16-13)17(3)8-7-14-11-5-6-11/h9,11,14H,4-8H2,1-3H3. The molecule has 1 aliphatic carbocycles. The molecule has 0 aromatic carbocycles. The van der Waals surface area contributed by atoms with E-state index in [2.05, 4.69) is 27.2 Å². The molecule has 0 bridgehead atoms. The third-order valence-electron chi connectivity index (χ3n) is 3.11. The number of aromatic nitrogens is 2. The van der Waals surface area contributed by atoms with Crippen molar-refractivity contribution in [3.8, 4) is 5.88 Å². The van der Waals surface area contributed by atoms with Crippen LogP contribution < -0.4 is 15.0 Å². The lowest BCUT2D eigenvalue weighted by atomic mass is 10.3. The molecule has 18 heavy (non-hydrogen) atoms. The predicted molar refractivity (Wildman–Crippen MR) is 72.2 cm³/mol. The van der Waals surface area contributed by atoms with Crippen LogP contribution in [0.4, 0.5) is 5.82 Å². The van der Waals surface area contributed by atoms with Crippen molar-refractivity contribution in [2.75, 3.05) is 31.6 Å². The van der Waals surface area contributed by atoms with Gasteiger partial charge >= 0.3 is 0 Å². The van der Waals surface area contributed by atoms with Gasteiger partial charge in [-0.05, 0) is 26.7 Å². The number of hydrogen-bond donors (Lipinski definition) is 1. The number of nitrogens with one attached hydrogen (secondary N) is 1. The molecule has 1 saturated carbocycles. The fourth-order valence-electron chi connectivity index (χ4n) is 1.92. The van der Waals surface area contributed by atoms with E-state index < -0.39 is 0 Å². The number of likely N-dealkylation sites (N-methyl/N-ethyl adjacent to an activating group) is 1. The Hall–Kier alpha value is -1.36. The van der Waals surface area contributed by atoms with Crippen LogP contribution in [0.1, 0.15) is 25.3 Å². The minimum absolute atomic E-state index is 0.629. The van der Waals surface area contributed by atoms with Gasteiger partial charge in [0.15, 0.2) is 0 Å². The summed E-state index contributed by atoms with van der Waals surface area (Å²) in [7, 11) is 2.06. The molecule has 1 fully saturated rings. The van der Waals surface area contributed by atoms with Gasteiger partial charge in [-0.1, -0.05) is 0 Å². The summed E-state index contributed by atoms with van der Waals surface area (Å²) in [5.41, 5.74) is 1.01. The first-order valence-electron chi connectivity index (χ1n) is 6.61. The van der Waals surface area contributed by atoms with Crippen molar-refractivity contribution in [2.24, 2.45) is 0 Å². The first-order chi connectivity index (χ1) is 8.72. The van der Waals surface area contributed by atoms with Crippen molar-refractivity contribution in [1.29, 1.82) is 0 Å². The molecular weight excluding hydrogens is 228 g/mol.